The van der Waals surface area contributed by atoms with Gasteiger partial charge in [0, 0.05) is 11.7 Å². The van der Waals surface area contributed by atoms with Crippen LogP contribution in [-0.2, 0) is 0 Å². The molecule has 1 amide bonds. The minimum Gasteiger partial charge on any atom is -0.348 e. The Morgan fingerprint density at radius 2 is 1.83 bits per heavy atom. The number of hydrogen-bond donors (Lipinski definition) is 2. The van der Waals surface area contributed by atoms with Gasteiger partial charge in [0.25, 0.3) is 5.91 Å². The maximum Gasteiger partial charge on any atom is 0.271 e. The van der Waals surface area contributed by atoms with Crippen molar-refractivity contribution in [2.24, 2.45) is 0 Å². The molecule has 0 saturated heterocycles. The number of hydrogen-bond acceptors (Lipinski definition) is 4. The van der Waals surface area contributed by atoms with Gasteiger partial charge in [-0.05, 0) is 37.8 Å². The molecule has 23 heavy (non-hydrogen) atoms. The van der Waals surface area contributed by atoms with Crippen molar-refractivity contribution in [3.8, 4) is 0 Å². The summed E-state index contributed by atoms with van der Waals surface area (Å²) in [4.78, 5) is 20.4. The number of aryl methyl sites for hydroxylation is 1. The minimum atomic E-state index is -0.210. The average Bonchev–Trinajstić information content (AvgIpc) is 2.49. The zero-order chi connectivity index (χ0) is 17.0. The smallest absolute Gasteiger partial charge is 0.271 e. The largest absolute Gasteiger partial charge is 0.348 e. The Labute approximate surface area is 137 Å². The molecule has 2 rings (SSSR count). The summed E-state index contributed by atoms with van der Waals surface area (Å²) in [5, 5.41) is 6.12. The molecule has 2 N–H and O–H groups in total. The fourth-order valence-electron chi connectivity index (χ4n) is 2.32. The van der Waals surface area contributed by atoms with Gasteiger partial charge in [0.05, 0.1) is 12.4 Å². The molecule has 5 heteroatoms. The lowest BCUT2D eigenvalue weighted by molar-refractivity contribution is 0.0937. The summed E-state index contributed by atoms with van der Waals surface area (Å²) in [6.45, 7) is 10.2. The van der Waals surface area contributed by atoms with Crippen molar-refractivity contribution in [1.29, 1.82) is 0 Å². The summed E-state index contributed by atoms with van der Waals surface area (Å²) in [6, 6.07) is 6.30. The van der Waals surface area contributed by atoms with Crippen LogP contribution in [0.2, 0.25) is 0 Å². The van der Waals surface area contributed by atoms with Gasteiger partial charge < -0.3 is 10.6 Å². The normalized spacial score (nSPS) is 10.9. The number of aromatic nitrogens is 2. The molecule has 0 bridgehead atoms. The third-order valence-electron chi connectivity index (χ3n) is 3.48. The first-order valence-electron chi connectivity index (χ1n) is 7.88. The molecule has 1 heterocycles. The van der Waals surface area contributed by atoms with E-state index in [4.69, 9.17) is 0 Å². The first-order valence-corrected chi connectivity index (χ1v) is 7.88. The number of nitrogens with zero attached hydrogens (tertiary/aromatic N) is 2. The van der Waals surface area contributed by atoms with Crippen LogP contribution in [0.15, 0.2) is 30.6 Å². The van der Waals surface area contributed by atoms with Crippen LogP contribution in [0.5, 0.6) is 0 Å². The van der Waals surface area contributed by atoms with Gasteiger partial charge in [0.1, 0.15) is 11.5 Å². The molecular formula is C18H24N4O. The highest BCUT2D eigenvalue weighted by molar-refractivity contribution is 5.92. The van der Waals surface area contributed by atoms with Crippen molar-refractivity contribution in [2.45, 2.75) is 46.6 Å². The van der Waals surface area contributed by atoms with Crippen molar-refractivity contribution >= 4 is 17.4 Å². The Morgan fingerprint density at radius 1 is 1.09 bits per heavy atom. The summed E-state index contributed by atoms with van der Waals surface area (Å²) in [5.74, 6) is 0.821. The molecule has 1 aromatic carbocycles. The van der Waals surface area contributed by atoms with Crippen molar-refractivity contribution < 1.29 is 4.79 Å². The van der Waals surface area contributed by atoms with Gasteiger partial charge in [-0.2, -0.15) is 0 Å². The summed E-state index contributed by atoms with van der Waals surface area (Å²) in [5.41, 5.74) is 3.75. The maximum absolute atomic E-state index is 11.9. The number of amides is 1. The van der Waals surface area contributed by atoms with E-state index >= 15 is 0 Å². The number of carbonyl (C=O) groups is 1. The highest BCUT2D eigenvalue weighted by Gasteiger charge is 2.12. The van der Waals surface area contributed by atoms with Crippen LogP contribution in [0.3, 0.4) is 0 Å². The topological polar surface area (TPSA) is 66.9 Å². The van der Waals surface area contributed by atoms with Crippen molar-refractivity contribution in [3.63, 3.8) is 0 Å². The number of para-hydroxylation sites is 1. The molecule has 0 saturated carbocycles. The number of benzene rings is 1. The summed E-state index contributed by atoms with van der Waals surface area (Å²) < 4.78 is 0. The SMILES string of the molecule is Cc1cccc(C(C)C)c1Nc1cnc(C(=O)NC(C)C)cn1. The van der Waals surface area contributed by atoms with Crippen LogP contribution >= 0.6 is 0 Å². The van der Waals surface area contributed by atoms with Crippen molar-refractivity contribution in [1.82, 2.24) is 15.3 Å². The molecule has 5 nitrogen and oxygen atoms in total. The third-order valence-corrected chi connectivity index (χ3v) is 3.48. The van der Waals surface area contributed by atoms with Gasteiger partial charge in [-0.15, -0.1) is 0 Å². The second kappa shape index (κ2) is 7.22. The molecule has 0 unspecified atom stereocenters. The molecule has 0 aliphatic rings. The van der Waals surface area contributed by atoms with Crippen LogP contribution in [0.25, 0.3) is 0 Å². The van der Waals surface area contributed by atoms with E-state index in [1.807, 2.05) is 13.8 Å². The van der Waals surface area contributed by atoms with Crippen LogP contribution < -0.4 is 10.6 Å². The first-order chi connectivity index (χ1) is 10.9. The molecule has 0 radical (unpaired) electrons. The minimum absolute atomic E-state index is 0.0719. The molecule has 0 aliphatic carbocycles. The Bertz CT molecular complexity index is 678. The van der Waals surface area contributed by atoms with E-state index in [0.717, 1.165) is 11.3 Å². The fourth-order valence-corrected chi connectivity index (χ4v) is 2.32. The second-order valence-electron chi connectivity index (χ2n) is 6.23. The van der Waals surface area contributed by atoms with Crippen LogP contribution in [0, 0.1) is 6.92 Å². The fraction of sp³-hybridized carbons (Fsp3) is 0.389. The molecule has 122 valence electrons. The quantitative estimate of drug-likeness (QED) is 0.881. The lowest BCUT2D eigenvalue weighted by atomic mass is 9.98. The van der Waals surface area contributed by atoms with E-state index < -0.39 is 0 Å². The summed E-state index contributed by atoms with van der Waals surface area (Å²) in [7, 11) is 0. The van der Waals surface area contributed by atoms with E-state index in [-0.39, 0.29) is 11.9 Å². The van der Waals surface area contributed by atoms with E-state index in [1.54, 1.807) is 6.20 Å². The number of nitrogens with one attached hydrogen (secondary N) is 2. The molecule has 0 aliphatic heterocycles. The zero-order valence-electron chi connectivity index (χ0n) is 14.3. The van der Waals surface area contributed by atoms with Gasteiger partial charge in [-0.1, -0.05) is 32.0 Å². The highest BCUT2D eigenvalue weighted by atomic mass is 16.1. The predicted molar refractivity (Wildman–Crippen MR) is 93.2 cm³/mol. The van der Waals surface area contributed by atoms with Crippen molar-refractivity contribution in [2.75, 3.05) is 5.32 Å². The van der Waals surface area contributed by atoms with E-state index in [9.17, 15) is 4.79 Å². The Kier molecular flexibility index (Phi) is 5.32. The van der Waals surface area contributed by atoms with Crippen LogP contribution in [0.1, 0.15) is 55.2 Å². The number of anilines is 2. The van der Waals surface area contributed by atoms with Crippen LogP contribution in [0.4, 0.5) is 11.5 Å². The Morgan fingerprint density at radius 3 is 2.39 bits per heavy atom. The summed E-state index contributed by atoms with van der Waals surface area (Å²) >= 11 is 0. The van der Waals surface area contributed by atoms with Gasteiger partial charge >= 0.3 is 0 Å². The zero-order valence-corrected chi connectivity index (χ0v) is 14.3. The van der Waals surface area contributed by atoms with Crippen LogP contribution in [-0.4, -0.2) is 21.9 Å². The summed E-state index contributed by atoms with van der Waals surface area (Å²) in [6.07, 6.45) is 3.08. The highest BCUT2D eigenvalue weighted by Crippen LogP contribution is 2.29. The number of rotatable bonds is 5. The monoisotopic (exact) mass is 312 g/mol. The lowest BCUT2D eigenvalue weighted by Gasteiger charge is -2.16. The Balaban J connectivity index is 2.21. The third kappa shape index (κ3) is 4.28. The van der Waals surface area contributed by atoms with E-state index in [0.29, 0.717) is 17.4 Å². The molecule has 1 aromatic heterocycles. The molecule has 0 atom stereocenters. The predicted octanol–water partition coefficient (Wildman–Crippen LogP) is 3.79. The first kappa shape index (κ1) is 16.9. The van der Waals surface area contributed by atoms with E-state index in [1.165, 1.54) is 11.8 Å². The Hall–Kier alpha value is -2.43. The average molecular weight is 312 g/mol. The van der Waals surface area contributed by atoms with E-state index in [2.05, 4.69) is 59.6 Å². The molecule has 0 fully saturated rings. The van der Waals surface area contributed by atoms with Gasteiger partial charge in [-0.3, -0.25) is 4.79 Å². The number of carbonyl (C=O) groups excluding carboxylic acids is 1. The van der Waals surface area contributed by atoms with Gasteiger partial charge in [-0.25, -0.2) is 9.97 Å². The lowest BCUT2D eigenvalue weighted by Crippen LogP contribution is -2.30. The van der Waals surface area contributed by atoms with Crippen molar-refractivity contribution in [3.05, 3.63) is 47.4 Å². The molecular weight excluding hydrogens is 288 g/mol. The molecule has 0 spiro atoms. The second-order valence-corrected chi connectivity index (χ2v) is 6.23. The maximum atomic E-state index is 11.9. The molecule has 2 aromatic rings. The van der Waals surface area contributed by atoms with Gasteiger partial charge in [0.15, 0.2) is 0 Å². The van der Waals surface area contributed by atoms with Gasteiger partial charge in [0.2, 0.25) is 0 Å². The standard InChI is InChI=1S/C18H24N4O/c1-11(2)14-8-6-7-13(5)17(14)22-16-10-19-15(9-20-16)18(23)21-12(3)4/h6-12H,1-5H3,(H,20,22)(H,21,23).